The van der Waals surface area contributed by atoms with Gasteiger partial charge in [0.05, 0.1) is 11.4 Å². The largest absolute Gasteiger partial charge is 0.327 e. The molecule has 0 aliphatic carbocycles. The molecule has 0 radical (unpaired) electrons. The molecule has 0 spiro atoms. The number of aromatic nitrogens is 2. The molecule has 0 saturated carbocycles. The second kappa shape index (κ2) is 6.02. The number of hydrogen-bond acceptors (Lipinski definition) is 4. The molecule has 0 aliphatic heterocycles. The van der Waals surface area contributed by atoms with Gasteiger partial charge in [-0.1, -0.05) is 13.8 Å². The minimum Gasteiger partial charge on any atom is -0.327 e. The molecule has 3 N–H and O–H groups in total. The van der Waals surface area contributed by atoms with Gasteiger partial charge in [-0.05, 0) is 26.2 Å². The Morgan fingerprint density at radius 1 is 1.37 bits per heavy atom. The van der Waals surface area contributed by atoms with Crippen LogP contribution >= 0.6 is 0 Å². The molecule has 0 aliphatic rings. The molecule has 7 heteroatoms. The number of hydrogen-bond donors (Lipinski definition) is 2. The summed E-state index contributed by atoms with van der Waals surface area (Å²) in [6.45, 7) is 7.79. The molecular weight excluding hydrogens is 264 g/mol. The Balaban J connectivity index is 2.82. The van der Waals surface area contributed by atoms with Crippen molar-refractivity contribution >= 4 is 10.0 Å². The van der Waals surface area contributed by atoms with Crippen molar-refractivity contribution in [2.45, 2.75) is 45.1 Å². The molecule has 1 unspecified atom stereocenters. The van der Waals surface area contributed by atoms with Gasteiger partial charge in [0.25, 0.3) is 0 Å². The normalized spacial score (nSPS) is 14.1. The summed E-state index contributed by atoms with van der Waals surface area (Å²) >= 11 is 0. The monoisotopic (exact) mass is 288 g/mol. The van der Waals surface area contributed by atoms with E-state index in [1.165, 1.54) is 0 Å². The highest BCUT2D eigenvalue weighted by atomic mass is 32.2. The highest BCUT2D eigenvalue weighted by Gasteiger charge is 2.24. The summed E-state index contributed by atoms with van der Waals surface area (Å²) in [6, 6.07) is -0.174. The topological polar surface area (TPSA) is 90.0 Å². The second-order valence-corrected chi connectivity index (χ2v) is 7.07. The van der Waals surface area contributed by atoms with Gasteiger partial charge in [-0.2, -0.15) is 5.10 Å². The van der Waals surface area contributed by atoms with Crippen LogP contribution in [0.15, 0.2) is 4.90 Å². The average molecular weight is 288 g/mol. The summed E-state index contributed by atoms with van der Waals surface area (Å²) in [5.41, 5.74) is 7.03. The minimum absolute atomic E-state index is 0.174. The van der Waals surface area contributed by atoms with Crippen LogP contribution in [0, 0.1) is 19.8 Å². The minimum atomic E-state index is -3.54. The molecule has 1 aromatic heterocycles. The van der Waals surface area contributed by atoms with E-state index in [9.17, 15) is 8.42 Å². The maximum absolute atomic E-state index is 12.3. The summed E-state index contributed by atoms with van der Waals surface area (Å²) < 4.78 is 28.7. The number of rotatable bonds is 6. The van der Waals surface area contributed by atoms with E-state index in [4.69, 9.17) is 5.73 Å². The Bertz CT molecular complexity index is 534. The Kier molecular flexibility index (Phi) is 5.11. The Morgan fingerprint density at radius 3 is 2.37 bits per heavy atom. The van der Waals surface area contributed by atoms with Gasteiger partial charge in [0.15, 0.2) is 0 Å². The van der Waals surface area contributed by atoms with Crippen LogP contribution in [0.25, 0.3) is 0 Å². The van der Waals surface area contributed by atoms with Crippen molar-refractivity contribution in [2.24, 2.45) is 18.7 Å². The fourth-order valence-corrected chi connectivity index (χ4v) is 3.65. The van der Waals surface area contributed by atoms with Gasteiger partial charge >= 0.3 is 0 Å². The summed E-state index contributed by atoms with van der Waals surface area (Å²) in [4.78, 5) is 0.256. The van der Waals surface area contributed by atoms with Crippen LogP contribution in [0.3, 0.4) is 0 Å². The standard InChI is InChI=1S/C12H24N4O2S/c1-8(2)6-11(13)7-14-19(17,18)12-9(3)15-16(5)10(12)4/h8,11,14H,6-7,13H2,1-5H3. The summed E-state index contributed by atoms with van der Waals surface area (Å²) in [7, 11) is -1.82. The first-order chi connectivity index (χ1) is 8.65. The lowest BCUT2D eigenvalue weighted by molar-refractivity contribution is 0.485. The predicted molar refractivity (Wildman–Crippen MR) is 75.3 cm³/mol. The highest BCUT2D eigenvalue weighted by molar-refractivity contribution is 7.89. The molecule has 19 heavy (non-hydrogen) atoms. The lowest BCUT2D eigenvalue weighted by Crippen LogP contribution is -2.38. The number of nitrogens with one attached hydrogen (secondary N) is 1. The third kappa shape index (κ3) is 4.02. The zero-order chi connectivity index (χ0) is 14.8. The highest BCUT2D eigenvalue weighted by Crippen LogP contribution is 2.18. The lowest BCUT2D eigenvalue weighted by Gasteiger charge is -2.15. The van der Waals surface area contributed by atoms with E-state index in [0.717, 1.165) is 6.42 Å². The maximum atomic E-state index is 12.3. The number of sulfonamides is 1. The van der Waals surface area contributed by atoms with Gasteiger partial charge in [-0.15, -0.1) is 0 Å². The molecule has 0 bridgehead atoms. The maximum Gasteiger partial charge on any atom is 0.244 e. The molecule has 1 aromatic rings. The summed E-state index contributed by atoms with van der Waals surface area (Å²) in [5.74, 6) is 0.446. The predicted octanol–water partition coefficient (Wildman–Crippen LogP) is 0.689. The van der Waals surface area contributed by atoms with E-state index in [-0.39, 0.29) is 17.5 Å². The van der Waals surface area contributed by atoms with Crippen molar-refractivity contribution in [2.75, 3.05) is 6.54 Å². The van der Waals surface area contributed by atoms with Gasteiger partial charge in [0, 0.05) is 19.6 Å². The van der Waals surface area contributed by atoms with Crippen LogP contribution in [0.1, 0.15) is 31.7 Å². The summed E-state index contributed by atoms with van der Waals surface area (Å²) in [6.07, 6.45) is 0.785. The molecular formula is C12H24N4O2S. The fourth-order valence-electron chi connectivity index (χ4n) is 2.12. The average Bonchev–Trinajstić information content (AvgIpc) is 2.50. The van der Waals surface area contributed by atoms with Crippen molar-refractivity contribution < 1.29 is 8.42 Å². The second-order valence-electron chi connectivity index (χ2n) is 5.37. The first-order valence-corrected chi connectivity index (χ1v) is 7.89. The smallest absolute Gasteiger partial charge is 0.244 e. The molecule has 110 valence electrons. The van der Waals surface area contributed by atoms with Gasteiger partial charge in [-0.25, -0.2) is 13.1 Å². The summed E-state index contributed by atoms with van der Waals surface area (Å²) in [5, 5.41) is 4.12. The molecule has 0 aromatic carbocycles. The lowest BCUT2D eigenvalue weighted by atomic mass is 10.1. The van der Waals surface area contributed by atoms with Crippen molar-refractivity contribution in [3.63, 3.8) is 0 Å². The first-order valence-electron chi connectivity index (χ1n) is 6.40. The van der Waals surface area contributed by atoms with Gasteiger partial charge in [0.1, 0.15) is 4.90 Å². The van der Waals surface area contributed by atoms with Crippen molar-refractivity contribution in [3.05, 3.63) is 11.4 Å². The quantitative estimate of drug-likeness (QED) is 0.806. The van der Waals surface area contributed by atoms with Gasteiger partial charge < -0.3 is 5.73 Å². The molecule has 6 nitrogen and oxygen atoms in total. The van der Waals surface area contributed by atoms with Crippen molar-refractivity contribution in [1.82, 2.24) is 14.5 Å². The van der Waals surface area contributed by atoms with Crippen molar-refractivity contribution in [1.29, 1.82) is 0 Å². The van der Waals surface area contributed by atoms with E-state index in [0.29, 0.717) is 17.3 Å². The Morgan fingerprint density at radius 2 is 1.95 bits per heavy atom. The molecule has 0 saturated heterocycles. The van der Waals surface area contributed by atoms with Crippen LogP contribution in [0.5, 0.6) is 0 Å². The number of aryl methyl sites for hydroxylation is 2. The van der Waals surface area contributed by atoms with Crippen LogP contribution in [-0.2, 0) is 17.1 Å². The molecule has 1 atom stereocenters. The van der Waals surface area contributed by atoms with Gasteiger partial charge in [0.2, 0.25) is 10.0 Å². The Labute approximate surface area is 115 Å². The van der Waals surface area contributed by atoms with E-state index < -0.39 is 10.0 Å². The van der Waals surface area contributed by atoms with Crippen LogP contribution in [0.4, 0.5) is 0 Å². The van der Waals surface area contributed by atoms with E-state index in [2.05, 4.69) is 23.7 Å². The zero-order valence-electron chi connectivity index (χ0n) is 12.3. The van der Waals surface area contributed by atoms with Gasteiger partial charge in [-0.3, -0.25) is 4.68 Å². The third-order valence-corrected chi connectivity index (χ3v) is 4.70. The zero-order valence-corrected chi connectivity index (χ0v) is 13.1. The van der Waals surface area contributed by atoms with Crippen LogP contribution in [0.2, 0.25) is 0 Å². The van der Waals surface area contributed by atoms with E-state index in [1.54, 1.807) is 25.6 Å². The van der Waals surface area contributed by atoms with Crippen LogP contribution < -0.4 is 10.5 Å². The van der Waals surface area contributed by atoms with Crippen LogP contribution in [-0.4, -0.2) is 30.8 Å². The molecule has 1 rings (SSSR count). The molecule has 1 heterocycles. The Hall–Kier alpha value is -0.920. The van der Waals surface area contributed by atoms with E-state index in [1.807, 2.05) is 0 Å². The number of nitrogens with zero attached hydrogens (tertiary/aromatic N) is 2. The third-order valence-electron chi connectivity index (χ3n) is 3.02. The van der Waals surface area contributed by atoms with Crippen molar-refractivity contribution in [3.8, 4) is 0 Å². The number of nitrogens with two attached hydrogens (primary N) is 1. The van der Waals surface area contributed by atoms with E-state index >= 15 is 0 Å². The molecule has 0 amide bonds. The molecule has 0 fully saturated rings. The SMILES string of the molecule is Cc1nn(C)c(C)c1S(=O)(=O)NCC(N)CC(C)C. The first kappa shape index (κ1) is 16.1. The fraction of sp³-hybridized carbons (Fsp3) is 0.750.